The third-order valence-corrected chi connectivity index (χ3v) is 1.80. The van der Waals surface area contributed by atoms with Crippen LogP contribution in [0.15, 0.2) is 15.7 Å². The summed E-state index contributed by atoms with van der Waals surface area (Å²) in [6.45, 7) is 3.83. The summed E-state index contributed by atoms with van der Waals surface area (Å²) in [5.41, 5.74) is 2.63. The molecule has 0 atom stereocenters. The highest BCUT2D eigenvalue weighted by molar-refractivity contribution is 5.92. The number of hydrogen-bond acceptors (Lipinski definition) is 4. The fourth-order valence-electron chi connectivity index (χ4n) is 0.995. The minimum atomic E-state index is -0.348. The Balaban J connectivity index is 2.33. The Bertz CT molecular complexity index is 344. The smallest absolute Gasteiger partial charge is 0.293 e. The second-order valence-electron chi connectivity index (χ2n) is 3.22. The minimum absolute atomic E-state index is 0.250. The molecule has 0 aliphatic carbocycles. The molecule has 1 rings (SSSR count). The maximum absolute atomic E-state index is 11.3. The predicted molar refractivity (Wildman–Crippen MR) is 56.7 cm³/mol. The number of nitrogens with one attached hydrogen (secondary N) is 1. The quantitative estimate of drug-likeness (QED) is 0.457. The molecule has 82 valence electrons. The van der Waals surface area contributed by atoms with Gasteiger partial charge in [-0.15, -0.1) is 0 Å². The Morgan fingerprint density at radius 1 is 1.73 bits per heavy atom. The van der Waals surface area contributed by atoms with Crippen LogP contribution in [0.4, 0.5) is 0 Å². The van der Waals surface area contributed by atoms with Crippen LogP contribution in [0.1, 0.15) is 42.4 Å². The number of rotatable bonds is 5. The number of carbonyl (C=O) groups is 1. The van der Waals surface area contributed by atoms with Crippen molar-refractivity contribution in [3.63, 3.8) is 0 Å². The van der Waals surface area contributed by atoms with E-state index >= 15 is 0 Å². The van der Waals surface area contributed by atoms with Crippen LogP contribution in [0.25, 0.3) is 0 Å². The van der Waals surface area contributed by atoms with Crippen molar-refractivity contribution in [2.45, 2.75) is 33.1 Å². The molecule has 1 aromatic rings. The molecular formula is C10H15N3O2. The SMILES string of the molecule is CCCC/C=N/NC(=O)c1cc(C)on1. The van der Waals surface area contributed by atoms with Gasteiger partial charge in [-0.05, 0) is 19.8 Å². The molecule has 15 heavy (non-hydrogen) atoms. The lowest BCUT2D eigenvalue weighted by molar-refractivity contribution is 0.0946. The van der Waals surface area contributed by atoms with Gasteiger partial charge in [-0.3, -0.25) is 4.79 Å². The fourth-order valence-corrected chi connectivity index (χ4v) is 0.995. The monoisotopic (exact) mass is 209 g/mol. The molecule has 0 saturated carbocycles. The van der Waals surface area contributed by atoms with Gasteiger partial charge in [0, 0.05) is 12.3 Å². The van der Waals surface area contributed by atoms with Crippen molar-refractivity contribution in [3.8, 4) is 0 Å². The van der Waals surface area contributed by atoms with Gasteiger partial charge in [0.2, 0.25) is 0 Å². The van der Waals surface area contributed by atoms with Gasteiger partial charge in [0.1, 0.15) is 5.76 Å². The van der Waals surface area contributed by atoms with E-state index in [1.54, 1.807) is 19.2 Å². The Labute approximate surface area is 88.5 Å². The molecule has 1 heterocycles. The number of nitrogens with zero attached hydrogens (tertiary/aromatic N) is 2. The molecule has 0 unspecified atom stereocenters. The summed E-state index contributed by atoms with van der Waals surface area (Å²) >= 11 is 0. The molecule has 0 aliphatic heterocycles. The highest BCUT2D eigenvalue weighted by Crippen LogP contribution is 2.00. The van der Waals surface area contributed by atoms with E-state index < -0.39 is 0 Å². The lowest BCUT2D eigenvalue weighted by Gasteiger charge is -1.93. The molecule has 1 amide bonds. The number of hydrogen-bond donors (Lipinski definition) is 1. The van der Waals surface area contributed by atoms with Crippen LogP contribution in [0.2, 0.25) is 0 Å². The first-order valence-electron chi connectivity index (χ1n) is 4.99. The molecular weight excluding hydrogens is 194 g/mol. The predicted octanol–water partition coefficient (Wildman–Crippen LogP) is 1.89. The third-order valence-electron chi connectivity index (χ3n) is 1.80. The first-order valence-corrected chi connectivity index (χ1v) is 4.99. The number of unbranched alkanes of at least 4 members (excludes halogenated alkanes) is 2. The van der Waals surface area contributed by atoms with Crippen LogP contribution in [-0.2, 0) is 0 Å². The molecule has 0 aromatic carbocycles. The summed E-state index contributed by atoms with van der Waals surface area (Å²) in [4.78, 5) is 11.3. The summed E-state index contributed by atoms with van der Waals surface area (Å²) in [7, 11) is 0. The van der Waals surface area contributed by atoms with Crippen LogP contribution >= 0.6 is 0 Å². The van der Waals surface area contributed by atoms with E-state index in [0.29, 0.717) is 5.76 Å². The Morgan fingerprint density at radius 2 is 2.53 bits per heavy atom. The standard InChI is InChI=1S/C10H15N3O2/c1-3-4-5-6-11-12-10(14)9-7-8(2)15-13-9/h6-7H,3-5H2,1-2H3,(H,12,14)/b11-6+. The van der Waals surface area contributed by atoms with Gasteiger partial charge in [0.05, 0.1) is 0 Å². The minimum Gasteiger partial charge on any atom is -0.361 e. The van der Waals surface area contributed by atoms with E-state index in [2.05, 4.69) is 22.6 Å². The molecule has 0 aliphatic rings. The van der Waals surface area contributed by atoms with Gasteiger partial charge in [-0.1, -0.05) is 18.5 Å². The molecule has 0 bridgehead atoms. The van der Waals surface area contributed by atoms with Crippen LogP contribution in [0.3, 0.4) is 0 Å². The van der Waals surface area contributed by atoms with Gasteiger partial charge < -0.3 is 4.52 Å². The lowest BCUT2D eigenvalue weighted by Crippen LogP contribution is -2.17. The molecule has 5 nitrogen and oxygen atoms in total. The highest BCUT2D eigenvalue weighted by Gasteiger charge is 2.08. The normalized spacial score (nSPS) is 10.8. The van der Waals surface area contributed by atoms with Gasteiger partial charge in [0.15, 0.2) is 5.69 Å². The van der Waals surface area contributed by atoms with E-state index in [1.165, 1.54) is 0 Å². The zero-order valence-electron chi connectivity index (χ0n) is 8.99. The van der Waals surface area contributed by atoms with Crippen molar-refractivity contribution < 1.29 is 9.32 Å². The maximum atomic E-state index is 11.3. The second-order valence-corrected chi connectivity index (χ2v) is 3.22. The van der Waals surface area contributed by atoms with Crippen LogP contribution in [-0.4, -0.2) is 17.3 Å². The Kier molecular flexibility index (Phi) is 4.53. The maximum Gasteiger partial charge on any atom is 0.293 e. The van der Waals surface area contributed by atoms with E-state index in [1.807, 2.05) is 0 Å². The van der Waals surface area contributed by atoms with Crippen LogP contribution in [0, 0.1) is 6.92 Å². The Hall–Kier alpha value is -1.65. The molecule has 0 saturated heterocycles. The lowest BCUT2D eigenvalue weighted by atomic mass is 10.3. The summed E-state index contributed by atoms with van der Waals surface area (Å²) in [5, 5.41) is 7.36. The molecule has 1 aromatic heterocycles. The van der Waals surface area contributed by atoms with Crippen molar-refractivity contribution in [1.82, 2.24) is 10.6 Å². The molecule has 1 N–H and O–H groups in total. The third kappa shape index (κ3) is 3.93. The average molecular weight is 209 g/mol. The van der Waals surface area contributed by atoms with Gasteiger partial charge in [-0.2, -0.15) is 5.10 Å². The van der Waals surface area contributed by atoms with E-state index in [4.69, 9.17) is 4.52 Å². The van der Waals surface area contributed by atoms with Crippen molar-refractivity contribution in [2.24, 2.45) is 5.10 Å². The van der Waals surface area contributed by atoms with Crippen molar-refractivity contribution in [1.29, 1.82) is 0 Å². The fraction of sp³-hybridized carbons (Fsp3) is 0.500. The van der Waals surface area contributed by atoms with Crippen LogP contribution in [0.5, 0.6) is 0 Å². The van der Waals surface area contributed by atoms with E-state index in [-0.39, 0.29) is 11.6 Å². The van der Waals surface area contributed by atoms with Gasteiger partial charge >= 0.3 is 0 Å². The summed E-state index contributed by atoms with van der Waals surface area (Å²) in [6, 6.07) is 1.57. The zero-order valence-corrected chi connectivity index (χ0v) is 8.99. The van der Waals surface area contributed by atoms with E-state index in [9.17, 15) is 4.79 Å². The Morgan fingerprint density at radius 3 is 3.13 bits per heavy atom. The molecule has 5 heteroatoms. The van der Waals surface area contributed by atoms with Gasteiger partial charge in [-0.25, -0.2) is 5.43 Å². The number of aryl methyl sites for hydroxylation is 1. The van der Waals surface area contributed by atoms with Crippen molar-refractivity contribution in [2.75, 3.05) is 0 Å². The number of carbonyl (C=O) groups excluding carboxylic acids is 1. The average Bonchev–Trinajstić information content (AvgIpc) is 2.64. The van der Waals surface area contributed by atoms with Crippen LogP contribution < -0.4 is 5.43 Å². The first kappa shape index (κ1) is 11.4. The molecule has 0 spiro atoms. The number of amides is 1. The highest BCUT2D eigenvalue weighted by atomic mass is 16.5. The molecule has 0 fully saturated rings. The summed E-state index contributed by atoms with van der Waals surface area (Å²) in [5.74, 6) is 0.259. The zero-order chi connectivity index (χ0) is 11.1. The number of aromatic nitrogens is 1. The molecule has 0 radical (unpaired) electrons. The first-order chi connectivity index (χ1) is 7.24. The van der Waals surface area contributed by atoms with E-state index in [0.717, 1.165) is 19.3 Å². The van der Waals surface area contributed by atoms with Crippen molar-refractivity contribution >= 4 is 12.1 Å². The van der Waals surface area contributed by atoms with Crippen molar-refractivity contribution in [3.05, 3.63) is 17.5 Å². The second kappa shape index (κ2) is 5.95. The largest absolute Gasteiger partial charge is 0.361 e. The van der Waals surface area contributed by atoms with Gasteiger partial charge in [0.25, 0.3) is 5.91 Å². The number of hydrazone groups is 1. The summed E-state index contributed by atoms with van der Waals surface area (Å²) in [6.07, 6.45) is 4.74. The topological polar surface area (TPSA) is 67.5 Å². The summed E-state index contributed by atoms with van der Waals surface area (Å²) < 4.78 is 4.77.